The molecule has 2 aliphatic rings. The maximum atomic E-state index is 9.87. The first kappa shape index (κ1) is 16.5. The van der Waals surface area contributed by atoms with Crippen LogP contribution in [0.1, 0.15) is 41.1 Å². The SMILES string of the molecule is N#Cc1ccc(C(c2ccc3c(c2)CC(O)N3)N(/C=C\N)C2CC2)cc1. The van der Waals surface area contributed by atoms with Gasteiger partial charge < -0.3 is 21.1 Å². The summed E-state index contributed by atoms with van der Waals surface area (Å²) in [5, 5.41) is 22.0. The summed E-state index contributed by atoms with van der Waals surface area (Å²) in [5.41, 5.74) is 10.8. The van der Waals surface area contributed by atoms with E-state index in [1.165, 1.54) is 0 Å². The molecule has 1 saturated carbocycles. The zero-order valence-electron chi connectivity index (χ0n) is 14.5. The van der Waals surface area contributed by atoms with E-state index in [1.54, 1.807) is 6.20 Å². The van der Waals surface area contributed by atoms with Gasteiger partial charge >= 0.3 is 0 Å². The minimum Gasteiger partial charge on any atom is -0.403 e. The van der Waals surface area contributed by atoms with E-state index in [0.29, 0.717) is 18.0 Å². The minimum absolute atomic E-state index is 0.0260. The van der Waals surface area contributed by atoms with Crippen LogP contribution in [-0.4, -0.2) is 22.3 Å². The lowest BCUT2D eigenvalue weighted by atomic mass is 9.94. The lowest BCUT2D eigenvalue weighted by Gasteiger charge is -2.32. The predicted molar refractivity (Wildman–Crippen MR) is 101 cm³/mol. The zero-order chi connectivity index (χ0) is 18.1. The Labute approximate surface area is 153 Å². The molecule has 4 N–H and O–H groups in total. The molecule has 1 aliphatic heterocycles. The van der Waals surface area contributed by atoms with Gasteiger partial charge in [0.25, 0.3) is 0 Å². The van der Waals surface area contributed by atoms with Crippen LogP contribution >= 0.6 is 0 Å². The van der Waals surface area contributed by atoms with Gasteiger partial charge in [0, 0.05) is 30.5 Å². The third-order valence-electron chi connectivity index (χ3n) is 5.06. The van der Waals surface area contributed by atoms with Crippen LogP contribution in [0.3, 0.4) is 0 Å². The number of anilines is 1. The smallest absolute Gasteiger partial charge is 0.128 e. The maximum absolute atomic E-state index is 9.87. The number of nitrogens with zero attached hydrogens (tertiary/aromatic N) is 2. The molecule has 2 aromatic carbocycles. The van der Waals surface area contributed by atoms with Crippen LogP contribution in [0.5, 0.6) is 0 Å². The molecular weight excluding hydrogens is 324 g/mol. The zero-order valence-corrected chi connectivity index (χ0v) is 14.5. The van der Waals surface area contributed by atoms with Gasteiger partial charge in [-0.2, -0.15) is 5.26 Å². The summed E-state index contributed by atoms with van der Waals surface area (Å²) in [6, 6.07) is 16.7. The molecule has 2 atom stereocenters. The number of aliphatic hydroxyl groups excluding tert-OH is 1. The van der Waals surface area contributed by atoms with Crippen LogP contribution in [0.25, 0.3) is 0 Å². The second-order valence-corrected chi connectivity index (χ2v) is 6.94. The predicted octanol–water partition coefficient (Wildman–Crippen LogP) is 2.83. The largest absolute Gasteiger partial charge is 0.403 e. The summed E-state index contributed by atoms with van der Waals surface area (Å²) < 4.78 is 0. The highest BCUT2D eigenvalue weighted by Gasteiger charge is 2.34. The van der Waals surface area contributed by atoms with Gasteiger partial charge in [-0.15, -0.1) is 0 Å². The van der Waals surface area contributed by atoms with Crippen molar-refractivity contribution < 1.29 is 5.11 Å². The van der Waals surface area contributed by atoms with Crippen molar-refractivity contribution >= 4 is 5.69 Å². The molecule has 0 bridgehead atoms. The summed E-state index contributed by atoms with van der Waals surface area (Å²) in [6.45, 7) is 0. The summed E-state index contributed by atoms with van der Waals surface area (Å²) in [7, 11) is 0. The second-order valence-electron chi connectivity index (χ2n) is 6.94. The maximum Gasteiger partial charge on any atom is 0.128 e. The van der Waals surface area contributed by atoms with Crippen LogP contribution in [0.2, 0.25) is 0 Å². The van der Waals surface area contributed by atoms with Crippen molar-refractivity contribution in [1.82, 2.24) is 4.90 Å². The van der Waals surface area contributed by atoms with E-state index in [9.17, 15) is 5.11 Å². The fraction of sp³-hybridized carbons (Fsp3) is 0.286. The molecule has 1 fully saturated rings. The van der Waals surface area contributed by atoms with Crippen LogP contribution in [-0.2, 0) is 6.42 Å². The molecule has 0 radical (unpaired) electrons. The number of hydrogen-bond donors (Lipinski definition) is 3. The molecule has 2 aromatic rings. The van der Waals surface area contributed by atoms with Gasteiger partial charge in [0.1, 0.15) is 6.23 Å². The molecular formula is C21H22N4O. The minimum atomic E-state index is -0.517. The number of fused-ring (bicyclic) bond motifs is 1. The lowest BCUT2D eigenvalue weighted by molar-refractivity contribution is 0.212. The second kappa shape index (κ2) is 6.74. The van der Waals surface area contributed by atoms with E-state index in [4.69, 9.17) is 11.0 Å². The number of hydrogen-bond acceptors (Lipinski definition) is 5. The van der Waals surface area contributed by atoms with Crippen molar-refractivity contribution in [3.05, 3.63) is 77.1 Å². The lowest BCUT2D eigenvalue weighted by Crippen LogP contribution is -2.27. The van der Waals surface area contributed by atoms with Crippen molar-refractivity contribution in [2.75, 3.05) is 5.32 Å². The summed E-state index contributed by atoms with van der Waals surface area (Å²) in [5.74, 6) is 0. The quantitative estimate of drug-likeness (QED) is 0.775. The molecule has 4 rings (SSSR count). The van der Waals surface area contributed by atoms with Crippen LogP contribution in [0, 0.1) is 11.3 Å². The highest BCUT2D eigenvalue weighted by molar-refractivity contribution is 5.58. The van der Waals surface area contributed by atoms with Gasteiger partial charge in [-0.3, -0.25) is 0 Å². The number of rotatable bonds is 5. The fourth-order valence-electron chi connectivity index (χ4n) is 3.70. The molecule has 0 amide bonds. The van der Waals surface area contributed by atoms with E-state index >= 15 is 0 Å². The number of aliphatic hydroxyl groups is 1. The highest BCUT2D eigenvalue weighted by atomic mass is 16.3. The van der Waals surface area contributed by atoms with Crippen molar-refractivity contribution in [2.45, 2.75) is 37.6 Å². The molecule has 1 heterocycles. The Hall–Kier alpha value is -2.97. The Balaban J connectivity index is 1.77. The fourth-order valence-corrected chi connectivity index (χ4v) is 3.70. The van der Waals surface area contributed by atoms with Crippen LogP contribution < -0.4 is 11.1 Å². The van der Waals surface area contributed by atoms with Crippen molar-refractivity contribution in [3.8, 4) is 6.07 Å². The monoisotopic (exact) mass is 346 g/mol. The molecule has 0 aromatic heterocycles. The number of nitriles is 1. The van der Waals surface area contributed by atoms with Gasteiger partial charge in [-0.1, -0.05) is 24.3 Å². The van der Waals surface area contributed by atoms with E-state index < -0.39 is 6.23 Å². The summed E-state index contributed by atoms with van der Waals surface area (Å²) in [6.07, 6.45) is 5.95. The third kappa shape index (κ3) is 3.12. The Kier molecular flexibility index (Phi) is 4.27. The Bertz CT molecular complexity index is 865. The topological polar surface area (TPSA) is 85.3 Å². The van der Waals surface area contributed by atoms with Gasteiger partial charge in [-0.25, -0.2) is 0 Å². The molecule has 1 aliphatic carbocycles. The summed E-state index contributed by atoms with van der Waals surface area (Å²) >= 11 is 0. The molecule has 5 heteroatoms. The molecule has 26 heavy (non-hydrogen) atoms. The molecule has 0 spiro atoms. The van der Waals surface area contributed by atoms with Crippen LogP contribution in [0.4, 0.5) is 5.69 Å². The average molecular weight is 346 g/mol. The summed E-state index contributed by atoms with van der Waals surface area (Å²) in [4.78, 5) is 2.31. The van der Waals surface area contributed by atoms with E-state index in [-0.39, 0.29) is 6.04 Å². The van der Waals surface area contributed by atoms with Crippen molar-refractivity contribution in [2.24, 2.45) is 5.73 Å². The normalized spacial score (nSPS) is 19.6. The molecule has 0 saturated heterocycles. The first-order valence-electron chi connectivity index (χ1n) is 8.93. The number of nitrogens with one attached hydrogen (secondary N) is 1. The molecule has 5 nitrogen and oxygen atoms in total. The van der Waals surface area contributed by atoms with Gasteiger partial charge in [-0.05, 0) is 47.7 Å². The van der Waals surface area contributed by atoms with E-state index in [1.807, 2.05) is 36.5 Å². The van der Waals surface area contributed by atoms with Gasteiger partial charge in [0.2, 0.25) is 0 Å². The molecule has 132 valence electrons. The highest BCUT2D eigenvalue weighted by Crippen LogP contribution is 2.40. The third-order valence-corrected chi connectivity index (χ3v) is 5.06. The average Bonchev–Trinajstić information content (AvgIpc) is 3.42. The Morgan fingerprint density at radius 2 is 1.92 bits per heavy atom. The van der Waals surface area contributed by atoms with E-state index in [2.05, 4.69) is 28.4 Å². The standard InChI is InChI=1S/C21H22N4O/c22-9-10-25(18-6-7-18)21(15-3-1-14(13-23)2-4-15)16-5-8-19-17(11-16)12-20(26)24-19/h1-5,8-11,18,20-21,24,26H,6-7,12,22H2/b10-9-. The first-order chi connectivity index (χ1) is 12.7. The van der Waals surface area contributed by atoms with Crippen LogP contribution in [0.15, 0.2) is 54.9 Å². The van der Waals surface area contributed by atoms with Crippen molar-refractivity contribution in [3.63, 3.8) is 0 Å². The first-order valence-corrected chi connectivity index (χ1v) is 8.93. The van der Waals surface area contributed by atoms with E-state index in [0.717, 1.165) is 35.2 Å². The number of nitrogens with two attached hydrogens (primary N) is 1. The van der Waals surface area contributed by atoms with Crippen molar-refractivity contribution in [1.29, 1.82) is 5.26 Å². The van der Waals surface area contributed by atoms with Gasteiger partial charge in [0.15, 0.2) is 0 Å². The Morgan fingerprint density at radius 1 is 1.19 bits per heavy atom. The molecule has 2 unspecified atom stereocenters. The van der Waals surface area contributed by atoms with Gasteiger partial charge in [0.05, 0.1) is 17.7 Å². The Morgan fingerprint density at radius 3 is 2.58 bits per heavy atom. The number of benzene rings is 2.